The van der Waals surface area contributed by atoms with Crippen molar-refractivity contribution in [1.82, 2.24) is 10.2 Å². The Hall–Kier alpha value is -1.97. The zero-order valence-electron chi connectivity index (χ0n) is 7.91. The smallest absolute Gasteiger partial charge is 0.145 e. The van der Waals surface area contributed by atoms with Crippen molar-refractivity contribution in [1.29, 1.82) is 0 Å². The molecule has 2 aromatic rings. The van der Waals surface area contributed by atoms with E-state index in [2.05, 4.69) is 15.5 Å². The summed E-state index contributed by atoms with van der Waals surface area (Å²) in [5.74, 6) is 0.512. The van der Waals surface area contributed by atoms with Crippen LogP contribution in [0.2, 0.25) is 0 Å². The van der Waals surface area contributed by atoms with Crippen molar-refractivity contribution in [3.05, 3.63) is 30.3 Å². The van der Waals surface area contributed by atoms with Crippen molar-refractivity contribution >= 4 is 11.5 Å². The number of rotatable bonds is 2. The fraction of sp³-hybridized carbons (Fsp3) is 0.100. The highest BCUT2D eigenvalue weighted by Gasteiger charge is 2.00. The van der Waals surface area contributed by atoms with E-state index < -0.39 is 0 Å². The van der Waals surface area contributed by atoms with Gasteiger partial charge in [0.25, 0.3) is 0 Å². The first kappa shape index (κ1) is 8.62. The van der Waals surface area contributed by atoms with Gasteiger partial charge in [0.2, 0.25) is 0 Å². The lowest BCUT2D eigenvalue weighted by molar-refractivity contribution is 1.10. The van der Waals surface area contributed by atoms with Gasteiger partial charge in [-0.25, -0.2) is 0 Å². The molecule has 0 aliphatic carbocycles. The molecular formula is C10H12N4. The largest absolute Gasteiger partial charge is 0.388 e. The zero-order chi connectivity index (χ0) is 9.97. The summed E-state index contributed by atoms with van der Waals surface area (Å²) in [5.41, 5.74) is 8.61. The molecule has 1 heterocycles. The van der Waals surface area contributed by atoms with Crippen molar-refractivity contribution < 1.29 is 0 Å². The predicted octanol–water partition coefficient (Wildman–Crippen LogP) is 1.70. The van der Waals surface area contributed by atoms with E-state index in [-0.39, 0.29) is 0 Å². The average Bonchev–Trinajstić information content (AvgIpc) is 2.65. The first-order valence-electron chi connectivity index (χ1n) is 4.38. The Bertz CT molecular complexity index is 416. The molecule has 1 aromatic heterocycles. The van der Waals surface area contributed by atoms with Gasteiger partial charge < -0.3 is 11.1 Å². The number of aromatic amines is 1. The highest BCUT2D eigenvalue weighted by atomic mass is 15.2. The van der Waals surface area contributed by atoms with Gasteiger partial charge in [-0.1, -0.05) is 12.1 Å². The van der Waals surface area contributed by atoms with Crippen LogP contribution in [0.25, 0.3) is 11.3 Å². The number of nitrogens with one attached hydrogen (secondary N) is 2. The van der Waals surface area contributed by atoms with Crippen molar-refractivity contribution in [3.63, 3.8) is 0 Å². The van der Waals surface area contributed by atoms with Crippen LogP contribution in [-0.2, 0) is 0 Å². The van der Waals surface area contributed by atoms with Gasteiger partial charge in [-0.3, -0.25) is 5.10 Å². The molecule has 2 rings (SSSR count). The first-order valence-corrected chi connectivity index (χ1v) is 4.38. The number of H-pyrrole nitrogens is 1. The second-order valence-electron chi connectivity index (χ2n) is 3.03. The van der Waals surface area contributed by atoms with Crippen LogP contribution in [0.1, 0.15) is 0 Å². The number of anilines is 2. The standard InChI is InChI=1S/C10H12N4/c1-12-8-4-2-7(3-5-8)9-6-10(11)14-13-9/h2-6,12H,1H3,(H3,11,13,14). The second kappa shape index (κ2) is 3.41. The zero-order valence-corrected chi connectivity index (χ0v) is 7.91. The van der Waals surface area contributed by atoms with Crippen LogP contribution in [-0.4, -0.2) is 17.2 Å². The fourth-order valence-corrected chi connectivity index (χ4v) is 1.30. The summed E-state index contributed by atoms with van der Waals surface area (Å²) in [7, 11) is 1.89. The summed E-state index contributed by atoms with van der Waals surface area (Å²) in [5, 5.41) is 9.80. The van der Waals surface area contributed by atoms with Gasteiger partial charge in [0.15, 0.2) is 0 Å². The van der Waals surface area contributed by atoms with E-state index in [1.54, 1.807) is 0 Å². The molecule has 0 radical (unpaired) electrons. The van der Waals surface area contributed by atoms with Gasteiger partial charge in [-0.05, 0) is 17.7 Å². The predicted molar refractivity (Wildman–Crippen MR) is 58.0 cm³/mol. The fourth-order valence-electron chi connectivity index (χ4n) is 1.30. The number of nitrogens with zero attached hydrogens (tertiary/aromatic N) is 1. The van der Waals surface area contributed by atoms with Gasteiger partial charge >= 0.3 is 0 Å². The van der Waals surface area contributed by atoms with E-state index in [4.69, 9.17) is 5.73 Å². The molecule has 0 fully saturated rings. The Labute approximate surface area is 82.1 Å². The van der Waals surface area contributed by atoms with E-state index in [1.165, 1.54) is 0 Å². The van der Waals surface area contributed by atoms with E-state index in [0.29, 0.717) is 5.82 Å². The second-order valence-corrected chi connectivity index (χ2v) is 3.03. The molecule has 0 aliphatic rings. The third kappa shape index (κ3) is 1.54. The van der Waals surface area contributed by atoms with Crippen LogP contribution in [0.3, 0.4) is 0 Å². The molecule has 0 aliphatic heterocycles. The maximum atomic E-state index is 5.52. The highest BCUT2D eigenvalue weighted by Crippen LogP contribution is 2.20. The van der Waals surface area contributed by atoms with Crippen LogP contribution >= 0.6 is 0 Å². The van der Waals surface area contributed by atoms with Crippen LogP contribution in [0.5, 0.6) is 0 Å². The van der Waals surface area contributed by atoms with E-state index >= 15 is 0 Å². The lowest BCUT2D eigenvalue weighted by atomic mass is 10.1. The third-order valence-corrected chi connectivity index (χ3v) is 2.08. The normalized spacial score (nSPS) is 10.1. The number of aromatic nitrogens is 2. The molecule has 0 atom stereocenters. The van der Waals surface area contributed by atoms with Gasteiger partial charge in [0.1, 0.15) is 5.82 Å². The van der Waals surface area contributed by atoms with Crippen LogP contribution < -0.4 is 11.1 Å². The highest BCUT2D eigenvalue weighted by molar-refractivity contribution is 5.64. The monoisotopic (exact) mass is 188 g/mol. The quantitative estimate of drug-likeness (QED) is 0.672. The van der Waals surface area contributed by atoms with Crippen LogP contribution in [0.4, 0.5) is 11.5 Å². The summed E-state index contributed by atoms with van der Waals surface area (Å²) in [6.45, 7) is 0. The van der Waals surface area contributed by atoms with Gasteiger partial charge in [-0.2, -0.15) is 5.10 Å². The molecule has 4 nitrogen and oxygen atoms in total. The van der Waals surface area contributed by atoms with Gasteiger partial charge in [-0.15, -0.1) is 0 Å². The molecule has 0 saturated carbocycles. The lowest BCUT2D eigenvalue weighted by Gasteiger charge is -2.00. The minimum Gasteiger partial charge on any atom is -0.388 e. The molecule has 0 bridgehead atoms. The first-order chi connectivity index (χ1) is 6.79. The van der Waals surface area contributed by atoms with E-state index in [1.807, 2.05) is 37.4 Å². The molecule has 72 valence electrons. The number of nitrogens with two attached hydrogens (primary N) is 1. The molecule has 4 heteroatoms. The molecule has 4 N–H and O–H groups in total. The molecule has 0 spiro atoms. The topological polar surface area (TPSA) is 66.7 Å². The van der Waals surface area contributed by atoms with Crippen molar-refractivity contribution in [2.45, 2.75) is 0 Å². The average molecular weight is 188 g/mol. The van der Waals surface area contributed by atoms with Crippen molar-refractivity contribution in [3.8, 4) is 11.3 Å². The van der Waals surface area contributed by atoms with Gasteiger partial charge in [0, 0.05) is 18.8 Å². The summed E-state index contributed by atoms with van der Waals surface area (Å²) in [4.78, 5) is 0. The number of hydrogen-bond acceptors (Lipinski definition) is 3. The van der Waals surface area contributed by atoms with E-state index in [0.717, 1.165) is 16.9 Å². The van der Waals surface area contributed by atoms with Crippen LogP contribution in [0.15, 0.2) is 30.3 Å². The number of benzene rings is 1. The number of nitrogen functional groups attached to an aromatic ring is 1. The summed E-state index contributed by atoms with van der Waals surface area (Å²) in [6, 6.07) is 9.85. The van der Waals surface area contributed by atoms with Crippen molar-refractivity contribution in [2.75, 3.05) is 18.1 Å². The lowest BCUT2D eigenvalue weighted by Crippen LogP contribution is -1.86. The molecule has 0 amide bonds. The maximum absolute atomic E-state index is 5.52. The number of hydrogen-bond donors (Lipinski definition) is 3. The Balaban J connectivity index is 2.33. The SMILES string of the molecule is CNc1ccc(-c2cc(N)n[nH]2)cc1. The molecular weight excluding hydrogens is 176 g/mol. The molecule has 1 aromatic carbocycles. The Morgan fingerprint density at radius 1 is 1.29 bits per heavy atom. The Kier molecular flexibility index (Phi) is 2.10. The summed E-state index contributed by atoms with van der Waals surface area (Å²) >= 11 is 0. The summed E-state index contributed by atoms with van der Waals surface area (Å²) in [6.07, 6.45) is 0. The Morgan fingerprint density at radius 3 is 2.50 bits per heavy atom. The van der Waals surface area contributed by atoms with Gasteiger partial charge in [0.05, 0.1) is 5.69 Å². The summed E-state index contributed by atoms with van der Waals surface area (Å²) < 4.78 is 0. The molecule has 0 unspecified atom stereocenters. The molecule has 14 heavy (non-hydrogen) atoms. The molecule has 0 saturated heterocycles. The minimum atomic E-state index is 0.512. The van der Waals surface area contributed by atoms with Crippen LogP contribution in [0, 0.1) is 0 Å². The maximum Gasteiger partial charge on any atom is 0.145 e. The van der Waals surface area contributed by atoms with E-state index in [9.17, 15) is 0 Å². The minimum absolute atomic E-state index is 0.512. The third-order valence-electron chi connectivity index (χ3n) is 2.08. The Morgan fingerprint density at radius 2 is 2.00 bits per heavy atom. The van der Waals surface area contributed by atoms with Crippen molar-refractivity contribution in [2.24, 2.45) is 0 Å².